The van der Waals surface area contributed by atoms with Crippen LogP contribution in [0.25, 0.3) is 5.69 Å². The summed E-state index contributed by atoms with van der Waals surface area (Å²) in [6.07, 6.45) is 1.75. The predicted molar refractivity (Wildman–Crippen MR) is 129 cm³/mol. The van der Waals surface area contributed by atoms with Crippen LogP contribution in [-0.4, -0.2) is 28.8 Å². The number of carbonyl (C=O) groups is 2. The summed E-state index contributed by atoms with van der Waals surface area (Å²) in [5, 5.41) is 4.12. The van der Waals surface area contributed by atoms with Gasteiger partial charge in [0.15, 0.2) is 0 Å². The molecule has 3 rings (SSSR count). The van der Waals surface area contributed by atoms with E-state index in [9.17, 15) is 9.59 Å². The molecule has 1 N–H and O–H groups in total. The van der Waals surface area contributed by atoms with E-state index in [1.165, 1.54) is 0 Å². The molecule has 0 radical (unpaired) electrons. The monoisotopic (exact) mass is 495 g/mol. The first-order valence-corrected chi connectivity index (χ1v) is 11.1. The van der Waals surface area contributed by atoms with Crippen LogP contribution in [0.3, 0.4) is 0 Å². The normalized spacial score (nSPS) is 11.2. The number of hydrogen-bond donors (Lipinski definition) is 1. The average Bonchev–Trinajstić information content (AvgIpc) is 3.02. The molecule has 0 aliphatic heterocycles. The van der Waals surface area contributed by atoms with Crippen LogP contribution in [0.4, 0.5) is 0 Å². The molecule has 1 amide bonds. The van der Waals surface area contributed by atoms with Gasteiger partial charge in [-0.25, -0.2) is 10.2 Å². The predicted octanol–water partition coefficient (Wildman–Crippen LogP) is 5.11. The van der Waals surface area contributed by atoms with Gasteiger partial charge in [0.05, 0.1) is 24.3 Å². The van der Waals surface area contributed by atoms with E-state index in [4.69, 9.17) is 4.74 Å². The summed E-state index contributed by atoms with van der Waals surface area (Å²) in [4.78, 5) is 24.2. The molecule has 32 heavy (non-hydrogen) atoms. The fraction of sp³-hybridized carbons (Fsp3) is 0.240. The molecule has 0 unspecified atom stereocenters. The topological polar surface area (TPSA) is 72.7 Å². The first-order chi connectivity index (χ1) is 15.2. The Bertz CT molecular complexity index is 1130. The number of benzene rings is 2. The second kappa shape index (κ2) is 10.4. The number of rotatable bonds is 7. The van der Waals surface area contributed by atoms with Crippen molar-refractivity contribution in [1.82, 2.24) is 9.99 Å². The van der Waals surface area contributed by atoms with Gasteiger partial charge in [-0.3, -0.25) is 4.79 Å². The van der Waals surface area contributed by atoms with Gasteiger partial charge in [0.25, 0.3) is 0 Å². The summed E-state index contributed by atoms with van der Waals surface area (Å²) in [5.41, 5.74) is 7.84. The summed E-state index contributed by atoms with van der Waals surface area (Å²) in [7, 11) is 0. The van der Waals surface area contributed by atoms with Gasteiger partial charge in [0.1, 0.15) is 0 Å². The molecule has 0 saturated heterocycles. The summed E-state index contributed by atoms with van der Waals surface area (Å²) in [6, 6.07) is 16.9. The number of amides is 1. The molecule has 0 aliphatic rings. The molecule has 0 spiro atoms. The number of aryl methyl sites for hydroxylation is 1. The lowest BCUT2D eigenvalue weighted by atomic mass is 10.1. The summed E-state index contributed by atoms with van der Waals surface area (Å²) in [6.45, 7) is 7.63. The number of ether oxygens (including phenoxy) is 1. The molecule has 2 aromatic carbocycles. The van der Waals surface area contributed by atoms with Crippen molar-refractivity contribution in [1.29, 1.82) is 0 Å². The lowest BCUT2D eigenvalue weighted by Crippen LogP contribution is -2.19. The number of esters is 1. The van der Waals surface area contributed by atoms with Crippen molar-refractivity contribution in [3.8, 4) is 5.69 Å². The highest BCUT2D eigenvalue weighted by Gasteiger charge is 2.12. The number of hydrazone groups is 1. The fourth-order valence-electron chi connectivity index (χ4n) is 3.35. The van der Waals surface area contributed by atoms with Gasteiger partial charge < -0.3 is 9.30 Å². The zero-order valence-corrected chi connectivity index (χ0v) is 20.1. The van der Waals surface area contributed by atoms with E-state index < -0.39 is 0 Å². The van der Waals surface area contributed by atoms with Crippen LogP contribution in [0.1, 0.15) is 46.7 Å². The highest BCUT2D eigenvalue weighted by atomic mass is 79.9. The third-order valence-electron chi connectivity index (χ3n) is 4.85. The Morgan fingerprint density at radius 2 is 1.75 bits per heavy atom. The second-order valence-corrected chi connectivity index (χ2v) is 8.67. The molecule has 1 aromatic heterocycles. The number of carbonyl (C=O) groups excluding carboxylic acids is 2. The Kier molecular flexibility index (Phi) is 7.64. The van der Waals surface area contributed by atoms with E-state index in [0.29, 0.717) is 5.56 Å². The van der Waals surface area contributed by atoms with Gasteiger partial charge in [-0.2, -0.15) is 5.10 Å². The number of hydrogen-bond acceptors (Lipinski definition) is 4. The number of aromatic nitrogens is 1. The Morgan fingerprint density at radius 3 is 2.38 bits per heavy atom. The maximum absolute atomic E-state index is 12.1. The molecular weight excluding hydrogens is 470 g/mol. The van der Waals surface area contributed by atoms with Crippen molar-refractivity contribution in [2.24, 2.45) is 5.10 Å². The Balaban J connectivity index is 1.68. The van der Waals surface area contributed by atoms with Crippen LogP contribution in [0, 0.1) is 13.8 Å². The minimum absolute atomic E-state index is 0.159. The summed E-state index contributed by atoms with van der Waals surface area (Å²) < 4.78 is 8.28. The summed E-state index contributed by atoms with van der Waals surface area (Å²) in [5.74, 6) is -0.513. The maximum atomic E-state index is 12.1. The minimum atomic E-state index is -0.334. The minimum Gasteiger partial charge on any atom is -0.459 e. The van der Waals surface area contributed by atoms with E-state index in [0.717, 1.165) is 32.7 Å². The van der Waals surface area contributed by atoms with Gasteiger partial charge in [-0.1, -0.05) is 28.1 Å². The third kappa shape index (κ3) is 5.95. The molecule has 0 fully saturated rings. The summed E-state index contributed by atoms with van der Waals surface area (Å²) >= 11 is 3.38. The molecule has 3 aromatic rings. The standard InChI is InChI=1S/C25H26BrN3O3/c1-16(2)32-25(31)20-7-11-23(12-8-20)29-17(3)13-21(18(29)4)15-27-28-24(30)14-19-5-9-22(26)10-6-19/h5-13,15-16H,14H2,1-4H3,(H,28,30)/b27-15+. The van der Waals surface area contributed by atoms with Crippen molar-refractivity contribution in [3.05, 3.63) is 87.1 Å². The number of halogens is 1. The molecular formula is C25H26BrN3O3. The van der Waals surface area contributed by atoms with E-state index in [1.807, 2.05) is 70.2 Å². The van der Waals surface area contributed by atoms with Crippen molar-refractivity contribution in [2.75, 3.05) is 0 Å². The molecule has 0 atom stereocenters. The van der Waals surface area contributed by atoms with Crippen molar-refractivity contribution >= 4 is 34.0 Å². The number of nitrogens with zero attached hydrogens (tertiary/aromatic N) is 2. The fourth-order valence-corrected chi connectivity index (χ4v) is 3.61. The van der Waals surface area contributed by atoms with E-state index in [2.05, 4.69) is 31.0 Å². The maximum Gasteiger partial charge on any atom is 0.338 e. The first-order valence-electron chi connectivity index (χ1n) is 10.3. The molecule has 7 heteroatoms. The van der Waals surface area contributed by atoms with E-state index >= 15 is 0 Å². The van der Waals surface area contributed by atoms with Crippen molar-refractivity contribution in [2.45, 2.75) is 40.2 Å². The van der Waals surface area contributed by atoms with Crippen LogP contribution in [0.2, 0.25) is 0 Å². The van der Waals surface area contributed by atoms with Crippen LogP contribution in [0.5, 0.6) is 0 Å². The van der Waals surface area contributed by atoms with E-state index in [1.54, 1.807) is 18.3 Å². The second-order valence-electron chi connectivity index (χ2n) is 7.76. The highest BCUT2D eigenvalue weighted by Crippen LogP contribution is 2.20. The average molecular weight is 496 g/mol. The smallest absolute Gasteiger partial charge is 0.338 e. The zero-order valence-electron chi connectivity index (χ0n) is 18.6. The Morgan fingerprint density at radius 1 is 1.09 bits per heavy atom. The molecule has 0 bridgehead atoms. The van der Waals surface area contributed by atoms with Crippen LogP contribution in [0.15, 0.2) is 64.2 Å². The lowest BCUT2D eigenvalue weighted by molar-refractivity contribution is -0.120. The number of nitrogens with one attached hydrogen (secondary N) is 1. The molecule has 1 heterocycles. The third-order valence-corrected chi connectivity index (χ3v) is 5.37. The van der Waals surface area contributed by atoms with Gasteiger partial charge in [0, 0.05) is 27.1 Å². The SMILES string of the molecule is Cc1cc(/C=N/NC(=O)Cc2ccc(Br)cc2)c(C)n1-c1ccc(C(=O)OC(C)C)cc1. The lowest BCUT2D eigenvalue weighted by Gasteiger charge is -2.11. The van der Waals surface area contributed by atoms with Gasteiger partial charge in [-0.05, 0) is 75.7 Å². The molecule has 0 saturated carbocycles. The molecule has 6 nitrogen and oxygen atoms in total. The van der Waals surface area contributed by atoms with Crippen LogP contribution in [-0.2, 0) is 16.0 Å². The van der Waals surface area contributed by atoms with Crippen molar-refractivity contribution < 1.29 is 14.3 Å². The molecule has 166 valence electrons. The Labute approximate surface area is 196 Å². The van der Waals surface area contributed by atoms with Gasteiger partial charge in [0.2, 0.25) is 5.91 Å². The quantitative estimate of drug-likeness (QED) is 0.281. The zero-order chi connectivity index (χ0) is 23.3. The van der Waals surface area contributed by atoms with E-state index in [-0.39, 0.29) is 24.4 Å². The van der Waals surface area contributed by atoms with Crippen molar-refractivity contribution in [3.63, 3.8) is 0 Å². The van der Waals surface area contributed by atoms with Crippen LogP contribution >= 0.6 is 15.9 Å². The Hall–Kier alpha value is -3.19. The largest absolute Gasteiger partial charge is 0.459 e. The first kappa shape index (κ1) is 23.5. The highest BCUT2D eigenvalue weighted by molar-refractivity contribution is 9.10. The van der Waals surface area contributed by atoms with Crippen LogP contribution < -0.4 is 5.43 Å². The molecule has 0 aliphatic carbocycles. The van der Waals surface area contributed by atoms with Gasteiger partial charge in [-0.15, -0.1) is 0 Å². The van der Waals surface area contributed by atoms with Gasteiger partial charge >= 0.3 is 5.97 Å².